The van der Waals surface area contributed by atoms with Crippen molar-refractivity contribution in [2.75, 3.05) is 18.8 Å². The number of carbonyl (C=O) groups excluding carboxylic acids is 1. The first-order chi connectivity index (χ1) is 9.70. The van der Waals surface area contributed by atoms with E-state index < -0.39 is 28.3 Å². The highest BCUT2D eigenvalue weighted by Gasteiger charge is 2.28. The summed E-state index contributed by atoms with van der Waals surface area (Å²) in [7, 11) is -4.03. The van der Waals surface area contributed by atoms with E-state index in [4.69, 9.17) is 11.5 Å². The van der Waals surface area contributed by atoms with Gasteiger partial charge in [-0.25, -0.2) is 12.8 Å². The lowest BCUT2D eigenvalue weighted by atomic mass is 10.2. The number of nitrogen functional groups attached to an aromatic ring is 1. The van der Waals surface area contributed by atoms with Crippen molar-refractivity contribution in [3.63, 3.8) is 0 Å². The maximum absolute atomic E-state index is 13.7. The van der Waals surface area contributed by atoms with Crippen molar-refractivity contribution in [1.82, 2.24) is 4.31 Å². The molecule has 0 saturated heterocycles. The van der Waals surface area contributed by atoms with Crippen LogP contribution in [0.25, 0.3) is 0 Å². The van der Waals surface area contributed by atoms with Crippen molar-refractivity contribution in [3.05, 3.63) is 23.5 Å². The van der Waals surface area contributed by atoms with Crippen LogP contribution >= 0.6 is 0 Å². The average Bonchev–Trinajstić information content (AvgIpc) is 2.38. The first kappa shape index (κ1) is 17.4. The molecule has 4 N–H and O–H groups in total. The quantitative estimate of drug-likeness (QED) is 0.731. The first-order valence-corrected chi connectivity index (χ1v) is 7.98. The lowest BCUT2D eigenvalue weighted by molar-refractivity contribution is -0.118. The van der Waals surface area contributed by atoms with E-state index in [0.717, 1.165) is 16.8 Å². The third-order valence-electron chi connectivity index (χ3n) is 3.03. The monoisotopic (exact) mass is 317 g/mol. The van der Waals surface area contributed by atoms with Crippen molar-refractivity contribution in [2.24, 2.45) is 5.73 Å². The molecule has 0 bridgehead atoms. The number of primary amides is 1. The minimum atomic E-state index is -4.03. The first-order valence-electron chi connectivity index (χ1n) is 6.54. The number of nitrogens with two attached hydrogens (primary N) is 2. The zero-order valence-corrected chi connectivity index (χ0v) is 12.9. The van der Waals surface area contributed by atoms with Crippen molar-refractivity contribution >= 4 is 21.6 Å². The number of rotatable bonds is 7. The number of hydrogen-bond acceptors (Lipinski definition) is 4. The van der Waals surface area contributed by atoms with Gasteiger partial charge < -0.3 is 11.5 Å². The smallest absolute Gasteiger partial charge is 0.243 e. The van der Waals surface area contributed by atoms with E-state index >= 15 is 0 Å². The number of benzene rings is 1. The Hall–Kier alpha value is -1.67. The summed E-state index contributed by atoms with van der Waals surface area (Å²) in [5.74, 6) is -1.47. The molecule has 1 aromatic rings. The predicted octanol–water partition coefficient (Wildman–Crippen LogP) is 0.992. The second-order valence-electron chi connectivity index (χ2n) is 4.78. The van der Waals surface area contributed by atoms with E-state index in [2.05, 4.69) is 0 Å². The van der Waals surface area contributed by atoms with Gasteiger partial charge in [-0.3, -0.25) is 4.79 Å². The Kier molecular flexibility index (Phi) is 5.68. The minimum Gasteiger partial charge on any atom is -0.399 e. The molecule has 0 aliphatic carbocycles. The molecule has 0 unspecified atom stereocenters. The molecule has 0 heterocycles. The molecular weight excluding hydrogens is 297 g/mol. The molecule has 1 amide bonds. The number of sulfonamides is 1. The second kappa shape index (κ2) is 6.86. The molecule has 21 heavy (non-hydrogen) atoms. The average molecular weight is 317 g/mol. The highest BCUT2D eigenvalue weighted by atomic mass is 32.2. The Morgan fingerprint density at radius 3 is 2.52 bits per heavy atom. The summed E-state index contributed by atoms with van der Waals surface area (Å²) in [4.78, 5) is 10.8. The van der Waals surface area contributed by atoms with Crippen molar-refractivity contribution in [2.45, 2.75) is 31.6 Å². The summed E-state index contributed by atoms with van der Waals surface area (Å²) >= 11 is 0. The summed E-state index contributed by atoms with van der Waals surface area (Å²) in [6, 6.07) is 2.24. The van der Waals surface area contributed by atoms with Gasteiger partial charge in [-0.15, -0.1) is 0 Å². The van der Waals surface area contributed by atoms with Crippen LogP contribution in [0, 0.1) is 12.7 Å². The van der Waals surface area contributed by atoms with Crippen molar-refractivity contribution in [3.8, 4) is 0 Å². The fraction of sp³-hybridized carbons (Fsp3) is 0.462. The van der Waals surface area contributed by atoms with Crippen LogP contribution in [0.5, 0.6) is 0 Å². The van der Waals surface area contributed by atoms with Gasteiger partial charge in [0.2, 0.25) is 15.9 Å². The Labute approximate surface area is 124 Å². The maximum atomic E-state index is 13.7. The summed E-state index contributed by atoms with van der Waals surface area (Å²) in [6.45, 7) is 2.93. The Balaban J connectivity index is 3.31. The molecule has 0 spiro atoms. The van der Waals surface area contributed by atoms with Crippen LogP contribution in [0.2, 0.25) is 0 Å². The molecule has 1 rings (SSSR count). The highest BCUT2D eigenvalue weighted by molar-refractivity contribution is 7.89. The number of hydrogen-bond donors (Lipinski definition) is 2. The molecule has 0 saturated carbocycles. The molecule has 118 valence electrons. The number of halogens is 1. The van der Waals surface area contributed by atoms with E-state index in [9.17, 15) is 17.6 Å². The third-order valence-corrected chi connectivity index (χ3v) is 5.00. The number of nitrogens with zero attached hydrogens (tertiary/aromatic N) is 1. The number of anilines is 1. The van der Waals surface area contributed by atoms with E-state index in [0.29, 0.717) is 6.42 Å². The van der Waals surface area contributed by atoms with Crippen LogP contribution in [0.4, 0.5) is 10.1 Å². The molecule has 6 nitrogen and oxygen atoms in total. The molecule has 0 atom stereocenters. The van der Waals surface area contributed by atoms with Gasteiger partial charge in [-0.05, 0) is 25.5 Å². The lowest BCUT2D eigenvalue weighted by Gasteiger charge is -2.22. The van der Waals surface area contributed by atoms with Gasteiger partial charge >= 0.3 is 0 Å². The Morgan fingerprint density at radius 2 is 2.00 bits per heavy atom. The molecule has 0 radical (unpaired) electrons. The second-order valence-corrected chi connectivity index (χ2v) is 6.69. The fourth-order valence-corrected chi connectivity index (χ4v) is 3.59. The molecule has 0 aliphatic heterocycles. The molecule has 0 aromatic heterocycles. The molecule has 0 fully saturated rings. The van der Waals surface area contributed by atoms with E-state index in [-0.39, 0.29) is 22.7 Å². The van der Waals surface area contributed by atoms with Gasteiger partial charge in [0.25, 0.3) is 0 Å². The number of amides is 1. The fourth-order valence-electron chi connectivity index (χ4n) is 1.87. The summed E-state index contributed by atoms with van der Waals surface area (Å²) in [6.07, 6.45) is 1.31. The molecular formula is C13H20FN3O3S. The normalized spacial score (nSPS) is 11.8. The zero-order valence-electron chi connectivity index (χ0n) is 12.1. The van der Waals surface area contributed by atoms with Gasteiger partial charge in [0.15, 0.2) is 0 Å². The molecule has 0 aliphatic rings. The zero-order chi connectivity index (χ0) is 16.2. The Morgan fingerprint density at radius 1 is 1.38 bits per heavy atom. The summed E-state index contributed by atoms with van der Waals surface area (Å²) in [5.41, 5.74) is 10.6. The lowest BCUT2D eigenvalue weighted by Crippen LogP contribution is -2.39. The number of unbranched alkanes of at least 4 members (excludes halogenated alkanes) is 1. The SMILES string of the molecule is CCCCN(CC(N)=O)S(=O)(=O)c1cc(N)cc(F)c1C. The highest BCUT2D eigenvalue weighted by Crippen LogP contribution is 2.25. The van der Waals surface area contributed by atoms with E-state index in [1.165, 1.54) is 13.0 Å². The summed E-state index contributed by atoms with van der Waals surface area (Å²) < 4.78 is 39.8. The Bertz CT molecular complexity index is 632. The standard InChI is InChI=1S/C13H20FN3O3S/c1-3-4-5-17(8-13(16)18)21(19,20)12-7-10(15)6-11(14)9(12)2/h6-7H,3-5,8,15H2,1-2H3,(H2,16,18). The van der Waals surface area contributed by atoms with E-state index in [1.807, 2.05) is 6.92 Å². The van der Waals surface area contributed by atoms with Crippen LogP contribution in [-0.2, 0) is 14.8 Å². The van der Waals surface area contributed by atoms with Crippen LogP contribution in [0.15, 0.2) is 17.0 Å². The third kappa shape index (κ3) is 4.15. The largest absolute Gasteiger partial charge is 0.399 e. The van der Waals surface area contributed by atoms with Crippen LogP contribution in [0.1, 0.15) is 25.3 Å². The number of carbonyl (C=O) groups is 1. The van der Waals surface area contributed by atoms with Gasteiger partial charge in [-0.1, -0.05) is 13.3 Å². The van der Waals surface area contributed by atoms with Gasteiger partial charge in [0.05, 0.1) is 11.4 Å². The van der Waals surface area contributed by atoms with Crippen LogP contribution in [-0.4, -0.2) is 31.7 Å². The maximum Gasteiger partial charge on any atom is 0.243 e. The van der Waals surface area contributed by atoms with E-state index in [1.54, 1.807) is 0 Å². The van der Waals surface area contributed by atoms with Crippen molar-refractivity contribution < 1.29 is 17.6 Å². The van der Waals surface area contributed by atoms with Gasteiger partial charge in [0, 0.05) is 17.8 Å². The molecule has 1 aromatic carbocycles. The van der Waals surface area contributed by atoms with Gasteiger partial charge in [0.1, 0.15) is 5.82 Å². The molecule has 8 heteroatoms. The summed E-state index contributed by atoms with van der Waals surface area (Å²) in [5, 5.41) is 0. The van der Waals surface area contributed by atoms with Crippen LogP contribution in [0.3, 0.4) is 0 Å². The van der Waals surface area contributed by atoms with Crippen molar-refractivity contribution in [1.29, 1.82) is 0 Å². The minimum absolute atomic E-state index is 0.00573. The predicted molar refractivity (Wildman–Crippen MR) is 78.4 cm³/mol. The van der Waals surface area contributed by atoms with Gasteiger partial charge in [-0.2, -0.15) is 4.31 Å². The van der Waals surface area contributed by atoms with Crippen LogP contribution < -0.4 is 11.5 Å². The topological polar surface area (TPSA) is 106 Å².